The first-order valence-electron chi connectivity index (χ1n) is 9.44. The van der Waals surface area contributed by atoms with E-state index < -0.39 is 0 Å². The van der Waals surface area contributed by atoms with Gasteiger partial charge in [-0.25, -0.2) is 4.79 Å². The lowest BCUT2D eigenvalue weighted by Crippen LogP contribution is -2.18. The lowest BCUT2D eigenvalue weighted by Gasteiger charge is -2.08. The van der Waals surface area contributed by atoms with Gasteiger partial charge in [0.1, 0.15) is 5.52 Å². The number of aromatic amines is 1. The molecule has 1 aromatic carbocycles. The standard InChI is InChI=1S/C20H27N5O2/c1-4-5-10-27-19-23-17(21)16-18(24-19)25(20(26)22-16)12-15-8-6-14(7-9-15)11-13(2)3/h6-9,13H,4-5,10-12H2,1-3H3,(H,22,26)(H2,21,23,24). The molecule has 0 radical (unpaired) electrons. The molecule has 3 aromatic rings. The number of nitrogen functional groups attached to an aromatic ring is 1. The van der Waals surface area contributed by atoms with Crippen molar-refractivity contribution in [3.8, 4) is 6.01 Å². The molecule has 0 saturated carbocycles. The zero-order chi connectivity index (χ0) is 19.4. The fourth-order valence-electron chi connectivity index (χ4n) is 2.98. The molecule has 0 unspecified atom stereocenters. The van der Waals surface area contributed by atoms with E-state index in [0.29, 0.717) is 30.2 Å². The SMILES string of the molecule is CCCCOc1nc(N)c2[nH]c(=O)n(Cc3ccc(CC(C)C)cc3)c2n1. The van der Waals surface area contributed by atoms with Crippen LogP contribution in [0.15, 0.2) is 29.1 Å². The summed E-state index contributed by atoms with van der Waals surface area (Å²) in [6.07, 6.45) is 2.96. The predicted molar refractivity (Wildman–Crippen MR) is 107 cm³/mol. The summed E-state index contributed by atoms with van der Waals surface area (Å²) in [6, 6.07) is 8.52. The van der Waals surface area contributed by atoms with Crippen LogP contribution in [0.25, 0.3) is 11.2 Å². The number of ether oxygens (including phenoxy) is 1. The third-order valence-corrected chi connectivity index (χ3v) is 4.37. The number of hydrogen-bond acceptors (Lipinski definition) is 5. The van der Waals surface area contributed by atoms with Gasteiger partial charge in [0, 0.05) is 0 Å². The number of fused-ring (bicyclic) bond motifs is 1. The minimum absolute atomic E-state index is 0.202. The van der Waals surface area contributed by atoms with Crippen LogP contribution in [0, 0.1) is 5.92 Å². The van der Waals surface area contributed by atoms with Crippen LogP contribution in [0.1, 0.15) is 44.7 Å². The summed E-state index contributed by atoms with van der Waals surface area (Å²) in [5.41, 5.74) is 8.95. The summed E-state index contributed by atoms with van der Waals surface area (Å²) in [5.74, 6) is 0.826. The molecule has 0 amide bonds. The summed E-state index contributed by atoms with van der Waals surface area (Å²) < 4.78 is 7.14. The highest BCUT2D eigenvalue weighted by Gasteiger charge is 2.15. The Hall–Kier alpha value is -2.83. The molecule has 3 rings (SSSR count). The fraction of sp³-hybridized carbons (Fsp3) is 0.450. The monoisotopic (exact) mass is 369 g/mol. The molecule has 3 N–H and O–H groups in total. The van der Waals surface area contributed by atoms with Crippen molar-refractivity contribution in [3.63, 3.8) is 0 Å². The van der Waals surface area contributed by atoms with Crippen LogP contribution in [-0.2, 0) is 13.0 Å². The van der Waals surface area contributed by atoms with Gasteiger partial charge in [0.15, 0.2) is 11.5 Å². The Balaban J connectivity index is 1.89. The molecule has 0 atom stereocenters. The summed E-state index contributed by atoms with van der Waals surface area (Å²) in [4.78, 5) is 23.7. The predicted octanol–water partition coefficient (Wildman–Crippen LogP) is 3.13. The molecule has 0 fully saturated rings. The van der Waals surface area contributed by atoms with Gasteiger partial charge in [0.25, 0.3) is 0 Å². The van der Waals surface area contributed by atoms with Crippen molar-refractivity contribution in [2.45, 2.75) is 46.6 Å². The zero-order valence-electron chi connectivity index (χ0n) is 16.2. The van der Waals surface area contributed by atoms with Crippen LogP contribution in [0.2, 0.25) is 0 Å². The first-order chi connectivity index (χ1) is 13.0. The summed E-state index contributed by atoms with van der Waals surface area (Å²) >= 11 is 0. The molecule has 2 heterocycles. The number of imidazole rings is 1. The quantitative estimate of drug-likeness (QED) is 0.594. The molecule has 2 aromatic heterocycles. The molecule has 27 heavy (non-hydrogen) atoms. The van der Waals surface area contributed by atoms with Gasteiger partial charge >= 0.3 is 11.7 Å². The Morgan fingerprint density at radius 2 is 1.89 bits per heavy atom. The molecule has 144 valence electrons. The molecule has 0 spiro atoms. The minimum atomic E-state index is -0.261. The van der Waals surface area contributed by atoms with Gasteiger partial charge in [0.05, 0.1) is 13.2 Å². The van der Waals surface area contributed by atoms with Crippen molar-refractivity contribution in [2.24, 2.45) is 5.92 Å². The van der Waals surface area contributed by atoms with Crippen LogP contribution < -0.4 is 16.2 Å². The summed E-state index contributed by atoms with van der Waals surface area (Å²) in [6.45, 7) is 7.41. The Kier molecular flexibility index (Phi) is 5.78. The average Bonchev–Trinajstić information content (AvgIpc) is 2.93. The van der Waals surface area contributed by atoms with Gasteiger partial charge in [-0.15, -0.1) is 0 Å². The molecule has 0 aliphatic rings. The van der Waals surface area contributed by atoms with Crippen LogP contribution in [0.4, 0.5) is 5.82 Å². The minimum Gasteiger partial charge on any atom is -0.463 e. The maximum Gasteiger partial charge on any atom is 0.328 e. The molecular weight excluding hydrogens is 342 g/mol. The maximum atomic E-state index is 12.4. The largest absolute Gasteiger partial charge is 0.463 e. The van der Waals surface area contributed by atoms with Gasteiger partial charge in [-0.2, -0.15) is 9.97 Å². The smallest absolute Gasteiger partial charge is 0.328 e. The van der Waals surface area contributed by atoms with Crippen molar-refractivity contribution < 1.29 is 4.74 Å². The number of nitrogens with zero attached hydrogens (tertiary/aromatic N) is 3. The van der Waals surface area contributed by atoms with Crippen LogP contribution in [0.3, 0.4) is 0 Å². The number of unbranched alkanes of at least 4 members (excludes halogenated alkanes) is 1. The third kappa shape index (κ3) is 4.48. The lowest BCUT2D eigenvalue weighted by atomic mass is 10.0. The Morgan fingerprint density at radius 3 is 2.56 bits per heavy atom. The molecule has 0 saturated heterocycles. The first-order valence-corrected chi connectivity index (χ1v) is 9.44. The molecule has 0 bridgehead atoms. The normalized spacial score (nSPS) is 11.4. The van der Waals surface area contributed by atoms with Crippen molar-refractivity contribution in [1.82, 2.24) is 19.5 Å². The van der Waals surface area contributed by atoms with Gasteiger partial charge in [0.2, 0.25) is 0 Å². The van der Waals surface area contributed by atoms with Crippen LogP contribution in [-0.4, -0.2) is 26.1 Å². The van der Waals surface area contributed by atoms with E-state index in [1.54, 1.807) is 4.57 Å². The maximum absolute atomic E-state index is 12.4. The highest BCUT2D eigenvalue weighted by atomic mass is 16.5. The van der Waals surface area contributed by atoms with Crippen molar-refractivity contribution in [1.29, 1.82) is 0 Å². The number of nitrogens with one attached hydrogen (secondary N) is 1. The fourth-order valence-corrected chi connectivity index (χ4v) is 2.98. The van der Waals surface area contributed by atoms with E-state index in [0.717, 1.165) is 24.8 Å². The van der Waals surface area contributed by atoms with E-state index in [9.17, 15) is 4.79 Å². The number of aromatic nitrogens is 4. The van der Waals surface area contributed by atoms with Gasteiger partial charge in [-0.3, -0.25) is 4.57 Å². The van der Waals surface area contributed by atoms with Crippen LogP contribution in [0.5, 0.6) is 6.01 Å². The van der Waals surface area contributed by atoms with Gasteiger partial charge in [-0.05, 0) is 29.9 Å². The Morgan fingerprint density at radius 1 is 1.19 bits per heavy atom. The number of anilines is 1. The van der Waals surface area contributed by atoms with Gasteiger partial charge in [-0.1, -0.05) is 51.5 Å². The topological polar surface area (TPSA) is 98.8 Å². The van der Waals surface area contributed by atoms with Gasteiger partial charge < -0.3 is 15.5 Å². The second-order valence-corrected chi connectivity index (χ2v) is 7.22. The molecule has 7 heteroatoms. The average molecular weight is 369 g/mol. The highest BCUT2D eigenvalue weighted by molar-refractivity contribution is 5.81. The molecule has 0 aliphatic heterocycles. The number of rotatable bonds is 8. The second kappa shape index (κ2) is 8.24. The van der Waals surface area contributed by atoms with E-state index in [-0.39, 0.29) is 17.5 Å². The van der Waals surface area contributed by atoms with E-state index in [4.69, 9.17) is 10.5 Å². The zero-order valence-corrected chi connectivity index (χ0v) is 16.2. The van der Waals surface area contributed by atoms with Crippen molar-refractivity contribution >= 4 is 17.0 Å². The summed E-state index contributed by atoms with van der Waals surface area (Å²) in [5, 5.41) is 0. The summed E-state index contributed by atoms with van der Waals surface area (Å²) in [7, 11) is 0. The Labute approximate surface area is 158 Å². The molecule has 0 aliphatic carbocycles. The van der Waals surface area contributed by atoms with E-state index >= 15 is 0 Å². The van der Waals surface area contributed by atoms with E-state index in [1.165, 1.54) is 5.56 Å². The van der Waals surface area contributed by atoms with Crippen LogP contribution >= 0.6 is 0 Å². The Bertz CT molecular complexity index is 957. The number of nitrogens with two attached hydrogens (primary N) is 1. The highest BCUT2D eigenvalue weighted by Crippen LogP contribution is 2.19. The number of H-pyrrole nitrogens is 1. The lowest BCUT2D eigenvalue weighted by molar-refractivity contribution is 0.286. The van der Waals surface area contributed by atoms with Crippen molar-refractivity contribution in [2.75, 3.05) is 12.3 Å². The molecule has 7 nitrogen and oxygen atoms in total. The number of hydrogen-bond donors (Lipinski definition) is 2. The van der Waals surface area contributed by atoms with E-state index in [2.05, 4.69) is 47.9 Å². The number of benzene rings is 1. The third-order valence-electron chi connectivity index (χ3n) is 4.37. The van der Waals surface area contributed by atoms with E-state index in [1.807, 2.05) is 12.1 Å². The first kappa shape index (κ1) is 18.9. The second-order valence-electron chi connectivity index (χ2n) is 7.22. The molecular formula is C20H27N5O2. The van der Waals surface area contributed by atoms with Crippen molar-refractivity contribution in [3.05, 3.63) is 45.9 Å².